The van der Waals surface area contributed by atoms with Crippen LogP contribution >= 0.6 is 8.25 Å². The van der Waals surface area contributed by atoms with Crippen LogP contribution in [0.4, 0.5) is 0 Å². The predicted molar refractivity (Wildman–Crippen MR) is 35.5 cm³/mol. The molecule has 0 heterocycles. The molecule has 0 spiro atoms. The average Bonchev–Trinajstić information content (AvgIpc) is 1.58. The highest BCUT2D eigenvalue weighted by atomic mass is 31.1. The van der Waals surface area contributed by atoms with Crippen LogP contribution in [0.2, 0.25) is 0 Å². The maximum atomic E-state index is 10.5. The summed E-state index contributed by atoms with van der Waals surface area (Å²) in [5.74, 6) is 0. The summed E-state index contributed by atoms with van der Waals surface area (Å²) in [5.41, 5.74) is 19.6. The topological polar surface area (TPSA) is 140 Å². The second-order valence-electron chi connectivity index (χ2n) is 1.41. The van der Waals surface area contributed by atoms with Crippen LogP contribution in [0.3, 0.4) is 0 Å². The van der Waals surface area contributed by atoms with Gasteiger partial charge in [0, 0.05) is 0 Å². The summed E-state index contributed by atoms with van der Waals surface area (Å²) in [6.45, 7) is 0. The first-order valence-corrected chi connectivity index (χ1v) is 3.64. The molecule has 0 amide bonds. The first kappa shape index (κ1) is 9.99. The van der Waals surface area contributed by atoms with Crippen LogP contribution in [0, 0.1) is 0 Å². The zero-order valence-corrected chi connectivity index (χ0v) is 6.19. The van der Waals surface area contributed by atoms with E-state index in [0.29, 0.717) is 0 Å². The minimum absolute atomic E-state index is 1.13. The van der Waals surface area contributed by atoms with Crippen LogP contribution in [-0.2, 0) is 13.6 Å². The minimum atomic E-state index is -2.74. The van der Waals surface area contributed by atoms with E-state index in [-0.39, 0.29) is 0 Å². The number of rotatable bonds is 4. The third-order valence-corrected chi connectivity index (χ3v) is 1.39. The van der Waals surface area contributed by atoms with E-state index in [2.05, 4.69) is 9.05 Å². The van der Waals surface area contributed by atoms with E-state index in [1.807, 2.05) is 0 Å². The maximum absolute atomic E-state index is 10.5. The largest absolute Gasteiger partial charge is 0.324 e. The molecular weight excluding hydrogens is 159 g/mol. The summed E-state index contributed by atoms with van der Waals surface area (Å²) in [4.78, 5) is 0. The highest BCUT2D eigenvalue weighted by Gasteiger charge is 2.05. The molecule has 0 aromatic rings. The second kappa shape index (κ2) is 4.75. The summed E-state index contributed by atoms with van der Waals surface area (Å²) in [6.07, 6.45) is -2.27. The van der Waals surface area contributed by atoms with E-state index >= 15 is 0 Å². The van der Waals surface area contributed by atoms with Gasteiger partial charge in [-0.1, -0.05) is 0 Å². The number of hydrogen-bond donors (Lipinski definition) is 4. The Balaban J connectivity index is 3.44. The Bertz CT molecular complexity index is 105. The van der Waals surface area contributed by atoms with Crippen molar-refractivity contribution in [1.29, 1.82) is 0 Å². The molecule has 0 aliphatic heterocycles. The Labute approximate surface area is 58.6 Å². The first-order valence-electron chi connectivity index (χ1n) is 2.42. The molecule has 0 saturated carbocycles. The predicted octanol–water partition coefficient (Wildman–Crippen LogP) is -2.19. The molecule has 0 aromatic carbocycles. The van der Waals surface area contributed by atoms with Gasteiger partial charge < -0.3 is 0 Å². The molecule has 0 aliphatic carbocycles. The monoisotopic (exact) mass is 170 g/mol. The Hall–Kier alpha value is -0.0100. The summed E-state index contributed by atoms with van der Waals surface area (Å²) >= 11 is 0. The lowest BCUT2D eigenvalue weighted by atomic mass is 11.1. The number of hydrogen-bond acceptors (Lipinski definition) is 7. The van der Waals surface area contributed by atoms with Crippen molar-refractivity contribution in [3.05, 3.63) is 0 Å². The normalized spacial score (nSPS) is 11.9. The van der Waals surface area contributed by atoms with E-state index in [4.69, 9.17) is 22.9 Å². The van der Waals surface area contributed by atoms with Gasteiger partial charge in [0.1, 0.15) is 0 Å². The SMILES string of the molecule is NC(N)O[PH](=O)OC(N)N. The van der Waals surface area contributed by atoms with Crippen molar-refractivity contribution in [2.24, 2.45) is 22.9 Å². The van der Waals surface area contributed by atoms with Crippen LogP contribution in [0.15, 0.2) is 0 Å². The summed E-state index contributed by atoms with van der Waals surface area (Å²) in [6, 6.07) is 0. The van der Waals surface area contributed by atoms with E-state index in [1.54, 1.807) is 0 Å². The Morgan fingerprint density at radius 1 is 1.00 bits per heavy atom. The summed E-state index contributed by atoms with van der Waals surface area (Å²) < 4.78 is 19.0. The Kier molecular flexibility index (Phi) is 4.75. The zero-order valence-electron chi connectivity index (χ0n) is 5.19. The quantitative estimate of drug-likeness (QED) is 0.277. The van der Waals surface area contributed by atoms with Gasteiger partial charge in [-0.05, 0) is 0 Å². The molecule has 0 saturated heterocycles. The molecular formula is C2H11N4O3P. The molecule has 0 bridgehead atoms. The molecule has 7 nitrogen and oxygen atoms in total. The standard InChI is InChI=1S/C2H11N4O3P/c3-1(4)8-10(7)9-2(5)6/h1-2,10H,3-6H2. The molecule has 0 rings (SSSR count). The van der Waals surface area contributed by atoms with E-state index in [1.165, 1.54) is 0 Å². The molecule has 0 radical (unpaired) electrons. The molecule has 0 fully saturated rings. The van der Waals surface area contributed by atoms with E-state index in [9.17, 15) is 4.57 Å². The second-order valence-corrected chi connectivity index (χ2v) is 2.39. The lowest BCUT2D eigenvalue weighted by Crippen LogP contribution is -2.34. The van der Waals surface area contributed by atoms with Crippen molar-refractivity contribution in [3.8, 4) is 0 Å². The summed E-state index contributed by atoms with van der Waals surface area (Å²) in [7, 11) is -2.74. The van der Waals surface area contributed by atoms with Gasteiger partial charge in [-0.2, -0.15) is 0 Å². The molecule has 8 heteroatoms. The fraction of sp³-hybridized carbons (Fsp3) is 1.00. The third-order valence-electron chi connectivity index (χ3n) is 0.465. The van der Waals surface area contributed by atoms with Gasteiger partial charge in [0.05, 0.1) is 0 Å². The van der Waals surface area contributed by atoms with E-state index in [0.717, 1.165) is 0 Å². The van der Waals surface area contributed by atoms with Gasteiger partial charge >= 0.3 is 8.25 Å². The Morgan fingerprint density at radius 3 is 1.50 bits per heavy atom. The van der Waals surface area contributed by atoms with E-state index < -0.39 is 21.0 Å². The first-order chi connectivity index (χ1) is 4.52. The Morgan fingerprint density at radius 2 is 1.30 bits per heavy atom. The van der Waals surface area contributed by atoms with Gasteiger partial charge in [0.2, 0.25) is 0 Å². The fourth-order valence-corrected chi connectivity index (χ4v) is 0.750. The average molecular weight is 170 g/mol. The van der Waals surface area contributed by atoms with Crippen LogP contribution in [0.25, 0.3) is 0 Å². The van der Waals surface area contributed by atoms with Gasteiger partial charge in [-0.25, -0.2) is 0 Å². The molecule has 0 unspecified atom stereocenters. The minimum Gasteiger partial charge on any atom is -0.293 e. The fourth-order valence-electron chi connectivity index (χ4n) is 0.250. The summed E-state index contributed by atoms with van der Waals surface area (Å²) in [5, 5.41) is 0. The lowest BCUT2D eigenvalue weighted by molar-refractivity contribution is 0.140. The van der Waals surface area contributed by atoms with Gasteiger partial charge in [0.25, 0.3) is 0 Å². The molecule has 0 aromatic heterocycles. The maximum Gasteiger partial charge on any atom is 0.324 e. The van der Waals surface area contributed by atoms with Crippen molar-refractivity contribution < 1.29 is 13.6 Å². The van der Waals surface area contributed by atoms with Crippen LogP contribution < -0.4 is 22.9 Å². The van der Waals surface area contributed by atoms with Crippen LogP contribution in [0.1, 0.15) is 0 Å². The van der Waals surface area contributed by atoms with Crippen molar-refractivity contribution in [2.45, 2.75) is 12.7 Å². The molecule has 8 N–H and O–H groups in total. The highest BCUT2D eigenvalue weighted by molar-refractivity contribution is 7.33. The number of nitrogens with two attached hydrogens (primary N) is 4. The highest BCUT2D eigenvalue weighted by Crippen LogP contribution is 2.23. The van der Waals surface area contributed by atoms with Crippen LogP contribution in [0.5, 0.6) is 0 Å². The molecule has 10 heavy (non-hydrogen) atoms. The third kappa shape index (κ3) is 6.12. The van der Waals surface area contributed by atoms with Crippen molar-refractivity contribution >= 4 is 8.25 Å². The molecule has 0 atom stereocenters. The van der Waals surface area contributed by atoms with Crippen molar-refractivity contribution in [3.63, 3.8) is 0 Å². The van der Waals surface area contributed by atoms with Crippen molar-refractivity contribution in [2.75, 3.05) is 0 Å². The van der Waals surface area contributed by atoms with Gasteiger partial charge in [-0.3, -0.25) is 36.5 Å². The molecule has 0 aliphatic rings. The van der Waals surface area contributed by atoms with Crippen molar-refractivity contribution in [1.82, 2.24) is 0 Å². The molecule has 62 valence electrons. The van der Waals surface area contributed by atoms with Gasteiger partial charge in [-0.15, -0.1) is 0 Å². The van der Waals surface area contributed by atoms with Gasteiger partial charge in [0.15, 0.2) is 12.7 Å². The smallest absolute Gasteiger partial charge is 0.293 e. The zero-order chi connectivity index (χ0) is 8.15. The van der Waals surface area contributed by atoms with Crippen LogP contribution in [-0.4, -0.2) is 12.7 Å². The lowest BCUT2D eigenvalue weighted by Gasteiger charge is -2.09.